The Morgan fingerprint density at radius 2 is 2.02 bits per heavy atom. The molecule has 0 aliphatic carbocycles. The van der Waals surface area contributed by atoms with Crippen LogP contribution in [-0.2, 0) is 4.74 Å². The van der Waals surface area contributed by atoms with E-state index in [4.69, 9.17) is 36.5 Å². The SMILES string of the molecule is N#Cc1c(N)sc2c(F)ccc(-c3c(Cl)c4c5c(nc(OCC67CCCN6C[C@H](F)C7)nc5c3F)N(C3CCC(F)(F)COC3)CCO4)c12. The summed E-state index contributed by atoms with van der Waals surface area (Å²) in [6.45, 7) is 0.503. The minimum absolute atomic E-state index is 0.0168. The summed E-state index contributed by atoms with van der Waals surface area (Å²) in [5, 5.41) is 9.99. The molecule has 4 aliphatic heterocycles. The van der Waals surface area contributed by atoms with Crippen molar-refractivity contribution in [1.82, 2.24) is 14.9 Å². The number of thiophene rings is 1. The minimum Gasteiger partial charge on any atom is -0.489 e. The standard InChI is InChI=1S/C33H30ClF5N6O3S/c34-24-22(18-2-3-20(36)28-21(18)19(11-40)29(41)49-28)25(37)26-23-27(24)47-9-8-45(17-4-6-33(38,39)15-46-13-17)30(23)43-31(42-26)48-14-32-5-1-7-44(32)12-16(35)10-32/h2-3,16-17H,1,4-10,12-15,41H2/t16-,17?,32?/m1/s1. The van der Waals surface area contributed by atoms with Gasteiger partial charge in [-0.05, 0) is 37.4 Å². The molecular formula is C33H30ClF5N6O3S. The topological polar surface area (TPSA) is 110 Å². The second-order valence-electron chi connectivity index (χ2n) is 13.1. The smallest absolute Gasteiger partial charge is 0.319 e. The van der Waals surface area contributed by atoms with Crippen molar-refractivity contribution in [2.45, 2.75) is 55.8 Å². The largest absolute Gasteiger partial charge is 0.489 e. The molecule has 3 saturated heterocycles. The zero-order valence-electron chi connectivity index (χ0n) is 26.0. The number of nitrogens with zero attached hydrogens (tertiary/aromatic N) is 5. The zero-order valence-corrected chi connectivity index (χ0v) is 27.6. The second-order valence-corrected chi connectivity index (χ2v) is 14.5. The molecular weight excluding hydrogens is 691 g/mol. The third-order valence-electron chi connectivity index (χ3n) is 10.1. The van der Waals surface area contributed by atoms with Crippen LogP contribution in [0, 0.1) is 23.0 Å². The van der Waals surface area contributed by atoms with Crippen LogP contribution in [0.4, 0.5) is 32.8 Å². The molecule has 0 radical (unpaired) electrons. The monoisotopic (exact) mass is 720 g/mol. The molecule has 3 atom stereocenters. The normalized spacial score (nSPS) is 25.2. The number of rotatable bonds is 5. The van der Waals surface area contributed by atoms with Crippen LogP contribution in [0.5, 0.6) is 11.8 Å². The Hall–Kier alpha value is -3.71. The highest BCUT2D eigenvalue weighted by Crippen LogP contribution is 2.51. The Bertz CT molecular complexity index is 2040. The van der Waals surface area contributed by atoms with Gasteiger partial charge >= 0.3 is 6.01 Å². The number of ether oxygens (including phenoxy) is 3. The average Bonchev–Trinajstić information content (AvgIpc) is 3.61. The molecule has 0 spiro atoms. The molecule has 3 fully saturated rings. The predicted octanol–water partition coefficient (Wildman–Crippen LogP) is 6.87. The number of benzene rings is 2. The Morgan fingerprint density at radius 3 is 2.84 bits per heavy atom. The molecule has 8 rings (SSSR count). The summed E-state index contributed by atoms with van der Waals surface area (Å²) < 4.78 is 93.2. The summed E-state index contributed by atoms with van der Waals surface area (Å²) >= 11 is 7.83. The minimum atomic E-state index is -3.01. The van der Waals surface area contributed by atoms with Crippen molar-refractivity contribution in [3.8, 4) is 29.0 Å². The lowest BCUT2D eigenvalue weighted by molar-refractivity contribution is -0.0684. The van der Waals surface area contributed by atoms with Crippen LogP contribution in [0.15, 0.2) is 12.1 Å². The molecule has 2 aromatic heterocycles. The summed E-state index contributed by atoms with van der Waals surface area (Å²) in [5.41, 5.74) is 5.16. The van der Waals surface area contributed by atoms with Crippen molar-refractivity contribution in [2.75, 3.05) is 56.7 Å². The third kappa shape index (κ3) is 5.30. The zero-order chi connectivity index (χ0) is 34.2. The Kier molecular flexibility index (Phi) is 7.93. The number of nitrogens with two attached hydrogens (primary N) is 1. The molecule has 0 saturated carbocycles. The van der Waals surface area contributed by atoms with Gasteiger partial charge in [0.2, 0.25) is 0 Å². The maximum atomic E-state index is 17.2. The average molecular weight is 721 g/mol. The fraction of sp³-hybridized carbons (Fsp3) is 0.485. The third-order valence-corrected chi connectivity index (χ3v) is 11.5. The Morgan fingerprint density at radius 1 is 1.18 bits per heavy atom. The van der Waals surface area contributed by atoms with Crippen LogP contribution >= 0.6 is 22.9 Å². The summed E-state index contributed by atoms with van der Waals surface area (Å²) in [5.74, 6) is -4.37. The molecule has 4 aliphatic rings. The number of nitrogen functional groups attached to an aromatic ring is 1. The maximum absolute atomic E-state index is 17.2. The number of nitriles is 1. The van der Waals surface area contributed by atoms with Gasteiger partial charge in [0.1, 0.15) is 54.2 Å². The molecule has 4 aromatic rings. The molecule has 0 bridgehead atoms. The first-order valence-corrected chi connectivity index (χ1v) is 17.2. The van der Waals surface area contributed by atoms with Gasteiger partial charge in [-0.3, -0.25) is 4.90 Å². The summed E-state index contributed by atoms with van der Waals surface area (Å²) in [6, 6.07) is 3.68. The number of hydrogen-bond acceptors (Lipinski definition) is 10. The van der Waals surface area contributed by atoms with E-state index in [0.29, 0.717) is 13.0 Å². The molecule has 0 amide bonds. The van der Waals surface area contributed by atoms with Crippen LogP contribution in [0.3, 0.4) is 0 Å². The van der Waals surface area contributed by atoms with Gasteiger partial charge in [-0.2, -0.15) is 15.2 Å². The van der Waals surface area contributed by atoms with Gasteiger partial charge in [0.05, 0.1) is 45.4 Å². The first kappa shape index (κ1) is 32.5. The van der Waals surface area contributed by atoms with Gasteiger partial charge in [-0.15, -0.1) is 11.3 Å². The lowest BCUT2D eigenvalue weighted by atomic mass is 9.95. The van der Waals surface area contributed by atoms with Gasteiger partial charge in [0.15, 0.2) is 11.6 Å². The fourth-order valence-corrected chi connectivity index (χ4v) is 9.15. The van der Waals surface area contributed by atoms with E-state index in [1.807, 2.05) is 6.07 Å². The van der Waals surface area contributed by atoms with E-state index in [1.165, 1.54) is 6.07 Å². The van der Waals surface area contributed by atoms with Crippen LogP contribution in [0.1, 0.15) is 37.7 Å². The van der Waals surface area contributed by atoms with Crippen LogP contribution in [-0.4, -0.2) is 84.6 Å². The van der Waals surface area contributed by atoms with Gasteiger partial charge < -0.3 is 24.8 Å². The number of fused-ring (bicyclic) bond motifs is 2. The van der Waals surface area contributed by atoms with Gasteiger partial charge in [-0.1, -0.05) is 17.7 Å². The molecule has 258 valence electrons. The summed E-state index contributed by atoms with van der Waals surface area (Å²) in [6.07, 6.45) is 0.492. The molecule has 2 aromatic carbocycles. The van der Waals surface area contributed by atoms with Crippen molar-refractivity contribution in [1.29, 1.82) is 5.26 Å². The maximum Gasteiger partial charge on any atom is 0.319 e. The number of aromatic nitrogens is 2. The number of halogens is 6. The highest BCUT2D eigenvalue weighted by atomic mass is 35.5. The van der Waals surface area contributed by atoms with Crippen molar-refractivity contribution < 1.29 is 36.2 Å². The predicted molar refractivity (Wildman–Crippen MR) is 175 cm³/mol. The second kappa shape index (κ2) is 12.0. The first-order valence-electron chi connectivity index (χ1n) is 16.0. The number of alkyl halides is 3. The lowest BCUT2D eigenvalue weighted by Crippen LogP contribution is -2.43. The van der Waals surface area contributed by atoms with E-state index in [-0.39, 0.29) is 104 Å². The fourth-order valence-electron chi connectivity index (χ4n) is 7.87. The first-order chi connectivity index (χ1) is 23.5. The van der Waals surface area contributed by atoms with Gasteiger partial charge in [0.25, 0.3) is 5.92 Å². The van der Waals surface area contributed by atoms with Crippen LogP contribution in [0.25, 0.3) is 32.1 Å². The summed E-state index contributed by atoms with van der Waals surface area (Å²) in [4.78, 5) is 13.0. The molecule has 49 heavy (non-hydrogen) atoms. The van der Waals surface area contributed by atoms with E-state index >= 15 is 4.39 Å². The van der Waals surface area contributed by atoms with Gasteiger partial charge in [0, 0.05) is 30.3 Å². The quantitative estimate of drug-likeness (QED) is 0.221. The lowest BCUT2D eigenvalue weighted by Gasteiger charge is -2.32. The molecule has 16 heteroatoms. The molecule has 2 unspecified atom stereocenters. The molecule has 9 nitrogen and oxygen atoms in total. The number of hydrogen-bond donors (Lipinski definition) is 1. The van der Waals surface area contributed by atoms with Crippen LogP contribution in [0.2, 0.25) is 5.02 Å². The van der Waals surface area contributed by atoms with Crippen molar-refractivity contribution in [3.63, 3.8) is 0 Å². The van der Waals surface area contributed by atoms with Crippen molar-refractivity contribution in [3.05, 3.63) is 34.4 Å². The Balaban J connectivity index is 1.33. The number of anilines is 2. The highest BCUT2D eigenvalue weighted by Gasteiger charge is 2.49. The van der Waals surface area contributed by atoms with E-state index in [2.05, 4.69) is 9.88 Å². The van der Waals surface area contributed by atoms with E-state index in [1.54, 1.807) is 4.90 Å². The van der Waals surface area contributed by atoms with E-state index < -0.39 is 48.3 Å². The van der Waals surface area contributed by atoms with E-state index in [0.717, 1.165) is 30.4 Å². The highest BCUT2D eigenvalue weighted by molar-refractivity contribution is 7.23. The Labute approximate surface area is 286 Å². The molecule has 2 N–H and O–H groups in total. The van der Waals surface area contributed by atoms with Crippen molar-refractivity contribution >= 4 is 54.7 Å². The van der Waals surface area contributed by atoms with Crippen molar-refractivity contribution in [2.24, 2.45) is 0 Å². The van der Waals surface area contributed by atoms with Gasteiger partial charge in [-0.25, -0.2) is 22.0 Å². The van der Waals surface area contributed by atoms with Crippen LogP contribution < -0.4 is 20.1 Å². The molecule has 6 heterocycles. The summed E-state index contributed by atoms with van der Waals surface area (Å²) in [7, 11) is 0. The van der Waals surface area contributed by atoms with E-state index in [9.17, 15) is 22.8 Å².